The molecule has 0 aromatic carbocycles. The third-order valence-corrected chi connectivity index (χ3v) is 4.08. The Kier molecular flexibility index (Phi) is 4.97. The number of aromatic nitrogens is 3. The van der Waals surface area contributed by atoms with Gasteiger partial charge in [-0.15, -0.1) is 0 Å². The Balaban J connectivity index is 0.00000196. The summed E-state index contributed by atoms with van der Waals surface area (Å²) in [5.74, 6) is 1.53. The summed E-state index contributed by atoms with van der Waals surface area (Å²) in [5.41, 5.74) is 7.50. The quantitative estimate of drug-likeness (QED) is 0.602. The van der Waals surface area contributed by atoms with Crippen molar-refractivity contribution in [3.05, 3.63) is 48.3 Å². The van der Waals surface area contributed by atoms with Crippen LogP contribution in [0.2, 0.25) is 0 Å². The fourth-order valence-electron chi connectivity index (χ4n) is 2.86. The number of nitrogens with two attached hydrogens (primary N) is 1. The van der Waals surface area contributed by atoms with Crippen LogP contribution < -0.4 is 15.2 Å². The van der Waals surface area contributed by atoms with Gasteiger partial charge in [0.05, 0.1) is 18.7 Å². The van der Waals surface area contributed by atoms with Gasteiger partial charge in [0.2, 0.25) is 5.88 Å². The van der Waals surface area contributed by atoms with Crippen molar-refractivity contribution in [2.24, 2.45) is 0 Å². The molecule has 1 aliphatic heterocycles. The van der Waals surface area contributed by atoms with Crippen molar-refractivity contribution < 1.29 is 14.6 Å². The van der Waals surface area contributed by atoms with Gasteiger partial charge in [0.15, 0.2) is 5.88 Å². The summed E-state index contributed by atoms with van der Waals surface area (Å²) >= 11 is 0. The molecule has 0 atom stereocenters. The number of aromatic hydroxyl groups is 1. The number of rotatable bonds is 0. The molecule has 3 N–H and O–H groups in total. The first-order valence-electron chi connectivity index (χ1n) is 8.05. The molecule has 136 valence electrons. The summed E-state index contributed by atoms with van der Waals surface area (Å²) in [5, 5.41) is 11.1. The Morgan fingerprint density at radius 1 is 1.19 bits per heavy atom. The zero-order valence-electron chi connectivity index (χ0n) is 13.6. The number of hydrogen-bond acceptors (Lipinski definition) is 6. The zero-order valence-corrected chi connectivity index (χ0v) is 13.6. The summed E-state index contributed by atoms with van der Waals surface area (Å²) in [6, 6.07) is 7.08. The van der Waals surface area contributed by atoms with Gasteiger partial charge in [-0.2, -0.15) is 4.98 Å². The second-order valence-corrected chi connectivity index (χ2v) is 5.73. The van der Waals surface area contributed by atoms with E-state index in [9.17, 15) is 5.11 Å². The SMILES string of the molecule is C.Nc1nc2cc3c1cc(O)n3Cc1ncccc1OC/C=C/CCO2. The van der Waals surface area contributed by atoms with Crippen LogP contribution in [0.1, 0.15) is 19.5 Å². The molecule has 0 radical (unpaired) electrons. The fraction of sp³-hybridized carbons (Fsp3) is 0.263. The van der Waals surface area contributed by atoms with Crippen molar-refractivity contribution in [1.29, 1.82) is 0 Å². The maximum Gasteiger partial charge on any atom is 0.217 e. The van der Waals surface area contributed by atoms with Crippen LogP contribution in [-0.2, 0) is 6.54 Å². The van der Waals surface area contributed by atoms with Gasteiger partial charge in [0, 0.05) is 23.7 Å². The molecule has 0 saturated carbocycles. The minimum Gasteiger partial charge on any atom is -0.494 e. The molecule has 3 aromatic heterocycles. The Labute approximate surface area is 151 Å². The number of nitrogens with zero attached hydrogens (tertiary/aromatic N) is 3. The van der Waals surface area contributed by atoms with Crippen molar-refractivity contribution in [3.8, 4) is 17.5 Å². The average Bonchev–Trinajstić information content (AvgIpc) is 2.92. The van der Waals surface area contributed by atoms with Gasteiger partial charge < -0.3 is 24.9 Å². The van der Waals surface area contributed by atoms with Gasteiger partial charge in [-0.25, -0.2) is 0 Å². The predicted molar refractivity (Wildman–Crippen MR) is 101 cm³/mol. The van der Waals surface area contributed by atoms with Crippen LogP contribution in [-0.4, -0.2) is 32.9 Å². The van der Waals surface area contributed by atoms with Crippen molar-refractivity contribution in [1.82, 2.24) is 14.5 Å². The molecule has 2 bridgehead atoms. The highest BCUT2D eigenvalue weighted by atomic mass is 16.5. The summed E-state index contributed by atoms with van der Waals surface area (Å²) < 4.78 is 13.2. The molecular weight excluding hydrogens is 332 g/mol. The van der Waals surface area contributed by atoms with Gasteiger partial charge in [0.25, 0.3) is 0 Å². The van der Waals surface area contributed by atoms with Crippen LogP contribution >= 0.6 is 0 Å². The van der Waals surface area contributed by atoms with Crippen molar-refractivity contribution >= 4 is 16.7 Å². The monoisotopic (exact) mass is 354 g/mol. The third kappa shape index (κ3) is 3.28. The molecule has 7 heteroatoms. The highest BCUT2D eigenvalue weighted by Gasteiger charge is 2.16. The third-order valence-electron chi connectivity index (χ3n) is 4.08. The van der Waals surface area contributed by atoms with Crippen LogP contribution in [0.3, 0.4) is 0 Å². The summed E-state index contributed by atoms with van der Waals surface area (Å²) in [7, 11) is 0. The summed E-state index contributed by atoms with van der Waals surface area (Å²) in [4.78, 5) is 8.66. The van der Waals surface area contributed by atoms with E-state index in [0.717, 1.165) is 17.6 Å². The molecule has 0 saturated heterocycles. The number of nitrogen functional groups attached to an aromatic ring is 1. The van der Waals surface area contributed by atoms with Gasteiger partial charge >= 0.3 is 0 Å². The average molecular weight is 354 g/mol. The highest BCUT2D eigenvalue weighted by Crippen LogP contribution is 2.32. The maximum atomic E-state index is 10.4. The highest BCUT2D eigenvalue weighted by molar-refractivity contribution is 5.91. The minimum atomic E-state index is 0. The molecule has 0 fully saturated rings. The van der Waals surface area contributed by atoms with E-state index in [1.165, 1.54) is 0 Å². The van der Waals surface area contributed by atoms with E-state index in [1.807, 2.05) is 24.3 Å². The predicted octanol–water partition coefficient (Wildman–Crippen LogP) is 3.12. The second-order valence-electron chi connectivity index (χ2n) is 5.73. The molecule has 4 heterocycles. The molecule has 3 aromatic rings. The smallest absolute Gasteiger partial charge is 0.217 e. The van der Waals surface area contributed by atoms with Crippen molar-refractivity contribution in [3.63, 3.8) is 0 Å². The first-order valence-corrected chi connectivity index (χ1v) is 8.05. The standard InChI is InChI=1S/C18H18N4O3.CH4/c19-18-12-9-17(23)22-11-13-15(5-4-6-20-13)24-7-2-1-3-8-25-16(21-18)10-14(12)22;/h1-2,4-6,9-10,23H,3,7-8,11H2,(H2,19,21);1H4/b2-1+;. The Morgan fingerprint density at radius 3 is 2.96 bits per heavy atom. The van der Waals surface area contributed by atoms with Crippen LogP contribution in [0.4, 0.5) is 5.82 Å². The van der Waals surface area contributed by atoms with E-state index in [4.69, 9.17) is 15.2 Å². The minimum absolute atomic E-state index is 0. The second kappa shape index (κ2) is 7.35. The molecule has 0 aliphatic carbocycles. The van der Waals surface area contributed by atoms with E-state index >= 15 is 0 Å². The Hall–Kier alpha value is -3.22. The summed E-state index contributed by atoms with van der Waals surface area (Å²) in [6.45, 7) is 1.28. The molecule has 0 amide bonds. The molecule has 1 aliphatic rings. The Morgan fingerprint density at radius 2 is 2.08 bits per heavy atom. The molecule has 0 spiro atoms. The number of ether oxygens (including phenoxy) is 2. The first-order chi connectivity index (χ1) is 12.2. The van der Waals surface area contributed by atoms with Gasteiger partial charge in [-0.05, 0) is 18.6 Å². The van der Waals surface area contributed by atoms with Gasteiger partial charge in [-0.1, -0.05) is 19.6 Å². The lowest BCUT2D eigenvalue weighted by molar-refractivity contribution is 0.312. The number of pyridine rings is 2. The van der Waals surface area contributed by atoms with Crippen LogP contribution in [0.25, 0.3) is 10.9 Å². The maximum absolute atomic E-state index is 10.4. The van der Waals surface area contributed by atoms with Gasteiger partial charge in [0.1, 0.15) is 23.9 Å². The number of fused-ring (bicyclic) bond motifs is 2. The Bertz CT molecular complexity index is 949. The van der Waals surface area contributed by atoms with Crippen LogP contribution in [0.5, 0.6) is 17.5 Å². The van der Waals surface area contributed by atoms with E-state index in [1.54, 1.807) is 22.9 Å². The topological polar surface area (TPSA) is 95.4 Å². The largest absolute Gasteiger partial charge is 0.494 e. The molecule has 7 nitrogen and oxygen atoms in total. The zero-order chi connectivity index (χ0) is 17.2. The lowest BCUT2D eigenvalue weighted by Gasteiger charge is -2.13. The number of hydrogen-bond donors (Lipinski definition) is 2. The first kappa shape index (κ1) is 17.6. The van der Waals surface area contributed by atoms with Crippen molar-refractivity contribution in [2.45, 2.75) is 20.4 Å². The molecular formula is C19H22N4O3. The normalized spacial score (nSPS) is 15.2. The van der Waals surface area contributed by atoms with E-state index in [2.05, 4.69) is 9.97 Å². The molecule has 26 heavy (non-hydrogen) atoms. The van der Waals surface area contributed by atoms with E-state index < -0.39 is 0 Å². The van der Waals surface area contributed by atoms with Gasteiger partial charge in [-0.3, -0.25) is 4.98 Å². The lowest BCUT2D eigenvalue weighted by atomic mass is 10.3. The summed E-state index contributed by atoms with van der Waals surface area (Å²) in [6.07, 6.45) is 6.37. The molecule has 4 rings (SSSR count). The van der Waals surface area contributed by atoms with Crippen LogP contribution in [0.15, 0.2) is 42.6 Å². The fourth-order valence-corrected chi connectivity index (χ4v) is 2.86. The number of anilines is 1. The van der Waals surface area contributed by atoms with E-state index in [0.29, 0.717) is 42.6 Å². The van der Waals surface area contributed by atoms with E-state index in [-0.39, 0.29) is 13.3 Å². The van der Waals surface area contributed by atoms with Crippen LogP contribution in [0, 0.1) is 0 Å². The lowest BCUT2D eigenvalue weighted by Crippen LogP contribution is -2.07. The molecule has 0 unspecified atom stereocenters. The van der Waals surface area contributed by atoms with Crippen molar-refractivity contribution in [2.75, 3.05) is 18.9 Å².